The van der Waals surface area contributed by atoms with Crippen molar-refractivity contribution in [1.82, 2.24) is 0 Å². The fourth-order valence-electron chi connectivity index (χ4n) is 1.34. The molecule has 0 aromatic heterocycles. The van der Waals surface area contributed by atoms with Crippen molar-refractivity contribution < 1.29 is 4.74 Å². The molecule has 1 saturated carbocycles. The van der Waals surface area contributed by atoms with Gasteiger partial charge in [-0.3, -0.25) is 0 Å². The van der Waals surface area contributed by atoms with Crippen molar-refractivity contribution in [3.8, 4) is 5.75 Å². The van der Waals surface area contributed by atoms with Crippen LogP contribution in [0.3, 0.4) is 0 Å². The molecule has 0 N–H and O–H groups in total. The van der Waals surface area contributed by atoms with Crippen LogP contribution in [0.25, 0.3) is 0 Å². The summed E-state index contributed by atoms with van der Waals surface area (Å²) in [5.41, 5.74) is 0. The summed E-state index contributed by atoms with van der Waals surface area (Å²) in [4.78, 5) is 0. The highest BCUT2D eigenvalue weighted by Crippen LogP contribution is 2.32. The molecule has 1 aromatic rings. The first kappa shape index (κ1) is 10.6. The van der Waals surface area contributed by atoms with Gasteiger partial charge in [-0.1, -0.05) is 11.6 Å². The molecule has 0 bridgehead atoms. The van der Waals surface area contributed by atoms with Crippen molar-refractivity contribution in [3.63, 3.8) is 0 Å². The molecule has 0 unspecified atom stereocenters. The Labute approximate surface area is 101 Å². The Hall–Kier alpha value is 0.0800. The highest BCUT2D eigenvalue weighted by Gasteiger charge is 2.28. The van der Waals surface area contributed by atoms with E-state index in [0.29, 0.717) is 5.02 Å². The van der Waals surface area contributed by atoms with E-state index in [0.717, 1.165) is 23.1 Å². The third-order valence-electron chi connectivity index (χ3n) is 2.23. The van der Waals surface area contributed by atoms with Crippen LogP contribution >= 0.6 is 39.1 Å². The van der Waals surface area contributed by atoms with Gasteiger partial charge in [0.2, 0.25) is 0 Å². The molecule has 0 spiro atoms. The van der Waals surface area contributed by atoms with Crippen LogP contribution in [0.4, 0.5) is 0 Å². The second-order valence-corrected chi connectivity index (χ2v) is 5.26. The van der Waals surface area contributed by atoms with Crippen molar-refractivity contribution in [2.24, 2.45) is 0 Å². The average Bonchev–Trinajstić information content (AvgIpc) is 2.09. The lowest BCUT2D eigenvalue weighted by molar-refractivity contribution is 0.124. The van der Waals surface area contributed by atoms with E-state index in [-0.39, 0.29) is 11.5 Å². The van der Waals surface area contributed by atoms with Crippen molar-refractivity contribution in [2.75, 3.05) is 0 Å². The quantitative estimate of drug-likeness (QED) is 0.741. The molecule has 4 heteroatoms. The van der Waals surface area contributed by atoms with Crippen LogP contribution in [-0.2, 0) is 0 Å². The fraction of sp³-hybridized carbons (Fsp3) is 0.400. The maximum Gasteiger partial charge on any atom is 0.121 e. The molecule has 0 heterocycles. The summed E-state index contributed by atoms with van der Waals surface area (Å²) in [6.45, 7) is 0. The number of ether oxygens (including phenoxy) is 1. The molecule has 0 amide bonds. The van der Waals surface area contributed by atoms with E-state index < -0.39 is 0 Å². The van der Waals surface area contributed by atoms with Crippen LogP contribution in [0.1, 0.15) is 12.8 Å². The lowest BCUT2D eigenvalue weighted by Gasteiger charge is -2.31. The van der Waals surface area contributed by atoms with Gasteiger partial charge in [0.25, 0.3) is 0 Å². The van der Waals surface area contributed by atoms with Gasteiger partial charge in [0.1, 0.15) is 11.9 Å². The van der Waals surface area contributed by atoms with E-state index in [1.54, 1.807) is 0 Å². The first-order valence-electron chi connectivity index (χ1n) is 4.41. The van der Waals surface area contributed by atoms with Gasteiger partial charge in [-0.15, -0.1) is 11.6 Å². The Morgan fingerprint density at radius 3 is 2.64 bits per heavy atom. The Bertz CT molecular complexity index is 337. The predicted molar refractivity (Wildman–Crippen MR) is 62.4 cm³/mol. The lowest BCUT2D eigenvalue weighted by Crippen LogP contribution is -2.34. The fourth-order valence-corrected chi connectivity index (χ4v) is 2.15. The van der Waals surface area contributed by atoms with Crippen molar-refractivity contribution in [3.05, 3.63) is 27.7 Å². The summed E-state index contributed by atoms with van der Waals surface area (Å²) < 4.78 is 6.55. The zero-order valence-corrected chi connectivity index (χ0v) is 10.4. The van der Waals surface area contributed by atoms with Gasteiger partial charge >= 0.3 is 0 Å². The van der Waals surface area contributed by atoms with Crippen LogP contribution in [0.15, 0.2) is 22.7 Å². The Morgan fingerprint density at radius 1 is 1.36 bits per heavy atom. The molecule has 14 heavy (non-hydrogen) atoms. The predicted octanol–water partition coefficient (Wildman–Crippen LogP) is 4.25. The van der Waals surface area contributed by atoms with Gasteiger partial charge in [-0.05, 0) is 34.1 Å². The van der Waals surface area contributed by atoms with E-state index >= 15 is 0 Å². The van der Waals surface area contributed by atoms with Crippen LogP contribution in [-0.4, -0.2) is 11.5 Å². The SMILES string of the molecule is Clc1cc(OC2CC(Cl)C2)ccc1Br. The lowest BCUT2D eigenvalue weighted by atomic mass is 9.95. The van der Waals surface area contributed by atoms with Gasteiger partial charge in [0.05, 0.1) is 5.02 Å². The minimum Gasteiger partial charge on any atom is -0.490 e. The van der Waals surface area contributed by atoms with Crippen LogP contribution < -0.4 is 4.74 Å². The first-order chi connectivity index (χ1) is 6.65. The third-order valence-corrected chi connectivity index (χ3v) is 3.82. The van der Waals surface area contributed by atoms with Gasteiger partial charge in [0.15, 0.2) is 0 Å². The molecule has 1 nitrogen and oxygen atoms in total. The molecule has 2 rings (SSSR count). The van der Waals surface area contributed by atoms with Crippen LogP contribution in [0.2, 0.25) is 5.02 Å². The molecule has 1 aromatic carbocycles. The summed E-state index contributed by atoms with van der Waals surface area (Å²) in [5.74, 6) is 0.812. The number of hydrogen-bond donors (Lipinski definition) is 0. The van der Waals surface area contributed by atoms with E-state index in [9.17, 15) is 0 Å². The minimum absolute atomic E-state index is 0.259. The molecule has 0 saturated heterocycles. The summed E-state index contributed by atoms with van der Waals surface area (Å²) in [6, 6.07) is 5.60. The number of alkyl halides is 1. The standard InChI is InChI=1S/C10H9BrCl2O/c11-9-2-1-7(5-10(9)13)14-8-3-6(12)4-8/h1-2,5-6,8H,3-4H2. The summed E-state index contributed by atoms with van der Waals surface area (Å²) in [5, 5.41) is 0.954. The largest absolute Gasteiger partial charge is 0.490 e. The number of rotatable bonds is 2. The number of halogens is 3. The monoisotopic (exact) mass is 294 g/mol. The number of hydrogen-bond acceptors (Lipinski definition) is 1. The topological polar surface area (TPSA) is 9.23 Å². The van der Waals surface area contributed by atoms with Gasteiger partial charge in [-0.2, -0.15) is 0 Å². The second kappa shape index (κ2) is 4.30. The molecule has 1 fully saturated rings. The normalized spacial score (nSPS) is 25.6. The second-order valence-electron chi connectivity index (χ2n) is 3.38. The summed E-state index contributed by atoms with van der Waals surface area (Å²) in [6.07, 6.45) is 2.11. The third kappa shape index (κ3) is 2.36. The van der Waals surface area contributed by atoms with Gasteiger partial charge in [-0.25, -0.2) is 0 Å². The van der Waals surface area contributed by atoms with E-state index in [1.807, 2.05) is 18.2 Å². The zero-order chi connectivity index (χ0) is 10.1. The molecule has 0 atom stereocenters. The van der Waals surface area contributed by atoms with E-state index in [4.69, 9.17) is 27.9 Å². The van der Waals surface area contributed by atoms with Crippen molar-refractivity contribution in [2.45, 2.75) is 24.3 Å². The Kier molecular flexibility index (Phi) is 3.25. The maximum absolute atomic E-state index is 5.93. The van der Waals surface area contributed by atoms with Crippen LogP contribution in [0, 0.1) is 0 Å². The molecule has 76 valence electrons. The Morgan fingerprint density at radius 2 is 2.07 bits per heavy atom. The average molecular weight is 296 g/mol. The van der Waals surface area contributed by atoms with Crippen molar-refractivity contribution >= 4 is 39.1 Å². The summed E-state index contributed by atoms with van der Waals surface area (Å²) in [7, 11) is 0. The molecule has 0 radical (unpaired) electrons. The molecular formula is C10H9BrCl2O. The Balaban J connectivity index is 2.00. The van der Waals surface area contributed by atoms with E-state index in [2.05, 4.69) is 15.9 Å². The minimum atomic E-state index is 0.259. The van der Waals surface area contributed by atoms with Crippen molar-refractivity contribution in [1.29, 1.82) is 0 Å². The highest BCUT2D eigenvalue weighted by molar-refractivity contribution is 9.10. The van der Waals surface area contributed by atoms with Gasteiger partial charge < -0.3 is 4.74 Å². The van der Waals surface area contributed by atoms with Crippen LogP contribution in [0.5, 0.6) is 5.75 Å². The van der Waals surface area contributed by atoms with E-state index in [1.165, 1.54) is 0 Å². The molecule has 1 aliphatic carbocycles. The molecule has 0 aliphatic heterocycles. The zero-order valence-electron chi connectivity index (χ0n) is 7.34. The summed E-state index contributed by atoms with van der Waals surface area (Å²) >= 11 is 15.1. The maximum atomic E-state index is 5.93. The molecule has 1 aliphatic rings. The molecular weight excluding hydrogens is 287 g/mol. The first-order valence-corrected chi connectivity index (χ1v) is 6.01. The number of benzene rings is 1. The highest BCUT2D eigenvalue weighted by atomic mass is 79.9. The smallest absolute Gasteiger partial charge is 0.121 e. The van der Waals surface area contributed by atoms with Gasteiger partial charge in [0, 0.05) is 22.7 Å².